The van der Waals surface area contributed by atoms with Crippen molar-refractivity contribution in [2.45, 2.75) is 26.9 Å². The fourth-order valence-electron chi connectivity index (χ4n) is 2.25. The van der Waals surface area contributed by atoms with Crippen LogP contribution in [0.4, 0.5) is 5.82 Å². The average molecular weight is 401 g/mol. The quantitative estimate of drug-likeness (QED) is 0.451. The van der Waals surface area contributed by atoms with E-state index in [1.807, 2.05) is 32.9 Å². The maximum absolute atomic E-state index is 12.5. The summed E-state index contributed by atoms with van der Waals surface area (Å²) in [6.45, 7) is 5.65. The molecule has 0 radical (unpaired) electrons. The smallest absolute Gasteiger partial charge is 0.257 e. The van der Waals surface area contributed by atoms with Crippen molar-refractivity contribution in [3.8, 4) is 5.75 Å². The van der Waals surface area contributed by atoms with Gasteiger partial charge >= 0.3 is 0 Å². The first-order valence-corrected chi connectivity index (χ1v) is 9.05. The van der Waals surface area contributed by atoms with Crippen LogP contribution in [0.1, 0.15) is 35.5 Å². The summed E-state index contributed by atoms with van der Waals surface area (Å²) in [4.78, 5) is 26.6. The van der Waals surface area contributed by atoms with Crippen molar-refractivity contribution in [1.82, 2.24) is 14.9 Å². The molecule has 2 heterocycles. The fraction of sp³-hybridized carbons (Fsp3) is 0.316. The highest BCUT2D eigenvalue weighted by Gasteiger charge is 2.18. The van der Waals surface area contributed by atoms with Crippen LogP contribution < -0.4 is 15.8 Å². The zero-order valence-electron chi connectivity index (χ0n) is 16.6. The third kappa shape index (κ3) is 5.46. The first kappa shape index (κ1) is 21.2. The largest absolute Gasteiger partial charge is 0.489 e. The van der Waals surface area contributed by atoms with Crippen LogP contribution >= 0.6 is 12.2 Å². The number of pyridine rings is 2. The molecule has 0 saturated heterocycles. The van der Waals surface area contributed by atoms with E-state index in [1.165, 1.54) is 11.1 Å². The number of amidine groups is 1. The van der Waals surface area contributed by atoms with Gasteiger partial charge < -0.3 is 20.7 Å². The molecule has 8 nitrogen and oxygen atoms in total. The molecule has 0 spiro atoms. The molecule has 0 aliphatic carbocycles. The number of aromatic nitrogens is 2. The molecule has 0 bridgehead atoms. The molecule has 0 aliphatic rings. The van der Waals surface area contributed by atoms with Crippen LogP contribution in [0, 0.1) is 6.92 Å². The highest BCUT2D eigenvalue weighted by molar-refractivity contribution is 7.80. The lowest BCUT2D eigenvalue weighted by atomic mass is 10.1. The zero-order valence-corrected chi connectivity index (χ0v) is 17.4. The molecular formula is C19H24N6O2S. The first-order chi connectivity index (χ1) is 13.2. The third-order valence-corrected chi connectivity index (χ3v) is 3.78. The highest BCUT2D eigenvalue weighted by Crippen LogP contribution is 2.21. The van der Waals surface area contributed by atoms with Crippen LogP contribution in [-0.2, 0) is 0 Å². The molecule has 1 amide bonds. The summed E-state index contributed by atoms with van der Waals surface area (Å²) in [5.41, 5.74) is 7.65. The van der Waals surface area contributed by atoms with E-state index in [0.29, 0.717) is 22.8 Å². The Kier molecular flexibility index (Phi) is 7.00. The van der Waals surface area contributed by atoms with Gasteiger partial charge in [0.2, 0.25) is 0 Å². The number of carbonyl (C=O) groups is 1. The molecule has 28 heavy (non-hydrogen) atoms. The Bertz CT molecular complexity index is 911. The summed E-state index contributed by atoms with van der Waals surface area (Å²) in [5, 5.41) is 3.07. The molecule has 0 saturated carbocycles. The minimum atomic E-state index is -0.225. The predicted octanol–water partition coefficient (Wildman–Crippen LogP) is 2.38. The number of anilines is 1. The molecular weight excluding hydrogens is 376 g/mol. The Balaban J connectivity index is 2.31. The van der Waals surface area contributed by atoms with Crippen molar-refractivity contribution in [3.05, 3.63) is 47.4 Å². The van der Waals surface area contributed by atoms with E-state index in [0.717, 1.165) is 5.56 Å². The normalized spacial score (nSPS) is 11.3. The SMILES string of the molecule is Cc1cccnc1NC(=S)/N=C(\N)c1cc(C(=O)N(C)C)c(OC(C)C)cn1. The number of carbonyl (C=O) groups excluding carboxylic acids is 1. The van der Waals surface area contributed by atoms with E-state index in [1.54, 1.807) is 26.4 Å². The number of hydrogen-bond donors (Lipinski definition) is 2. The lowest BCUT2D eigenvalue weighted by molar-refractivity contribution is 0.0821. The average Bonchev–Trinajstić information content (AvgIpc) is 2.62. The van der Waals surface area contributed by atoms with Crippen LogP contribution in [0.2, 0.25) is 0 Å². The van der Waals surface area contributed by atoms with Crippen LogP contribution in [-0.4, -0.2) is 51.9 Å². The second-order valence-electron chi connectivity index (χ2n) is 6.53. The Morgan fingerprint density at radius 2 is 2.07 bits per heavy atom. The number of nitrogens with zero attached hydrogens (tertiary/aromatic N) is 4. The van der Waals surface area contributed by atoms with Gasteiger partial charge in [-0.2, -0.15) is 0 Å². The van der Waals surface area contributed by atoms with Crippen LogP contribution in [0.25, 0.3) is 0 Å². The number of rotatable bonds is 5. The molecule has 148 valence electrons. The predicted molar refractivity (Wildman–Crippen MR) is 114 cm³/mol. The van der Waals surface area contributed by atoms with Crippen molar-refractivity contribution in [2.75, 3.05) is 19.4 Å². The van der Waals surface area contributed by atoms with E-state index >= 15 is 0 Å². The summed E-state index contributed by atoms with van der Waals surface area (Å²) in [7, 11) is 3.32. The van der Waals surface area contributed by atoms with Crippen molar-refractivity contribution in [3.63, 3.8) is 0 Å². The summed E-state index contributed by atoms with van der Waals surface area (Å²) < 4.78 is 5.69. The molecule has 0 atom stereocenters. The third-order valence-electron chi connectivity index (χ3n) is 3.59. The van der Waals surface area contributed by atoms with Gasteiger partial charge in [0.15, 0.2) is 16.7 Å². The Morgan fingerprint density at radius 3 is 2.68 bits per heavy atom. The number of nitrogens with two attached hydrogens (primary N) is 1. The van der Waals surface area contributed by atoms with Gasteiger partial charge in [-0.05, 0) is 50.7 Å². The number of amides is 1. The van der Waals surface area contributed by atoms with Crippen LogP contribution in [0.5, 0.6) is 5.75 Å². The number of nitrogens with one attached hydrogen (secondary N) is 1. The van der Waals surface area contributed by atoms with Crippen molar-refractivity contribution < 1.29 is 9.53 Å². The number of ether oxygens (including phenoxy) is 1. The van der Waals surface area contributed by atoms with Crippen LogP contribution in [0.3, 0.4) is 0 Å². The minimum Gasteiger partial charge on any atom is -0.489 e. The Labute approximate surface area is 169 Å². The molecule has 9 heteroatoms. The van der Waals surface area contributed by atoms with E-state index in [2.05, 4.69) is 20.3 Å². The number of thiocarbonyl (C=S) groups is 1. The lowest BCUT2D eigenvalue weighted by Gasteiger charge is -2.17. The van der Waals surface area contributed by atoms with Gasteiger partial charge in [0.25, 0.3) is 5.91 Å². The number of aliphatic imine (C=N–C) groups is 1. The van der Waals surface area contributed by atoms with E-state index < -0.39 is 0 Å². The van der Waals surface area contributed by atoms with Gasteiger partial charge in [-0.1, -0.05) is 6.07 Å². The first-order valence-electron chi connectivity index (χ1n) is 8.64. The second-order valence-corrected chi connectivity index (χ2v) is 6.91. The van der Waals surface area contributed by atoms with Crippen molar-refractivity contribution in [1.29, 1.82) is 0 Å². The van der Waals surface area contributed by atoms with Gasteiger partial charge in [0, 0.05) is 20.3 Å². The molecule has 2 aromatic rings. The monoisotopic (exact) mass is 400 g/mol. The molecule has 0 unspecified atom stereocenters. The number of hydrogen-bond acceptors (Lipinski definition) is 5. The topological polar surface area (TPSA) is 106 Å². The summed E-state index contributed by atoms with van der Waals surface area (Å²) in [6, 6.07) is 5.28. The van der Waals surface area contributed by atoms with Gasteiger partial charge in [-0.3, -0.25) is 4.79 Å². The summed E-state index contributed by atoms with van der Waals surface area (Å²) in [5.74, 6) is 0.836. The van der Waals surface area contributed by atoms with E-state index in [4.69, 9.17) is 22.7 Å². The molecule has 3 N–H and O–H groups in total. The maximum atomic E-state index is 12.5. The molecule has 0 aromatic carbocycles. The molecule has 0 aliphatic heterocycles. The molecule has 2 aromatic heterocycles. The van der Waals surface area contributed by atoms with Crippen LogP contribution in [0.15, 0.2) is 35.6 Å². The van der Waals surface area contributed by atoms with Gasteiger partial charge in [0.1, 0.15) is 11.5 Å². The Morgan fingerprint density at radius 1 is 1.36 bits per heavy atom. The van der Waals surface area contributed by atoms with E-state index in [9.17, 15) is 4.79 Å². The van der Waals surface area contributed by atoms with Crippen molar-refractivity contribution >= 4 is 34.9 Å². The number of aryl methyl sites for hydroxylation is 1. The fourth-order valence-corrected chi connectivity index (χ4v) is 2.45. The zero-order chi connectivity index (χ0) is 20.8. The summed E-state index contributed by atoms with van der Waals surface area (Å²) >= 11 is 5.23. The Hall–Kier alpha value is -3.07. The van der Waals surface area contributed by atoms with Gasteiger partial charge in [0.05, 0.1) is 17.9 Å². The summed E-state index contributed by atoms with van der Waals surface area (Å²) in [6.07, 6.45) is 3.01. The van der Waals surface area contributed by atoms with Crippen molar-refractivity contribution in [2.24, 2.45) is 10.7 Å². The minimum absolute atomic E-state index is 0.0787. The van der Waals surface area contributed by atoms with Gasteiger partial charge in [-0.15, -0.1) is 0 Å². The van der Waals surface area contributed by atoms with Gasteiger partial charge in [-0.25, -0.2) is 15.0 Å². The maximum Gasteiger partial charge on any atom is 0.257 e. The molecule has 0 fully saturated rings. The lowest BCUT2D eigenvalue weighted by Crippen LogP contribution is -2.25. The van der Waals surface area contributed by atoms with E-state index in [-0.39, 0.29) is 23.0 Å². The second kappa shape index (κ2) is 9.23. The molecule has 2 rings (SSSR count). The highest BCUT2D eigenvalue weighted by atomic mass is 32.1. The standard InChI is InChI=1S/C19H24N6O2S/c1-11(2)27-15-10-22-14(9-13(15)18(26)25(4)5)16(20)23-19(28)24-17-12(3)7-6-8-21-17/h6-11H,1-5H3,(H3,20,21,23,24,28).